The predicted molar refractivity (Wildman–Crippen MR) is 108 cm³/mol. The van der Waals surface area contributed by atoms with E-state index in [0.29, 0.717) is 13.1 Å². The van der Waals surface area contributed by atoms with Gasteiger partial charge in [-0.15, -0.1) is 0 Å². The van der Waals surface area contributed by atoms with E-state index in [1.165, 1.54) is 5.56 Å². The van der Waals surface area contributed by atoms with Gasteiger partial charge in [0.25, 0.3) is 0 Å². The fourth-order valence-corrected chi connectivity index (χ4v) is 3.25. The van der Waals surface area contributed by atoms with E-state index in [0.717, 1.165) is 32.7 Å². The van der Waals surface area contributed by atoms with Gasteiger partial charge < -0.3 is 10.2 Å². The molecule has 1 N–H and O–H groups in total. The summed E-state index contributed by atoms with van der Waals surface area (Å²) in [5.41, 5.74) is 1.04. The fraction of sp³-hybridized carbons (Fsp3) is 0.619. The molecule has 2 rings (SSSR count). The largest absolute Gasteiger partial charge is 0.350 e. The molecule has 1 heterocycles. The molecule has 1 aliphatic rings. The van der Waals surface area contributed by atoms with Crippen molar-refractivity contribution in [2.24, 2.45) is 0 Å². The molecule has 0 aliphatic carbocycles. The van der Waals surface area contributed by atoms with E-state index in [4.69, 9.17) is 0 Å². The Kier molecular flexibility index (Phi) is 7.80. The fourth-order valence-electron chi connectivity index (χ4n) is 3.25. The van der Waals surface area contributed by atoms with E-state index in [2.05, 4.69) is 39.4 Å². The molecule has 0 radical (unpaired) electrons. The maximum absolute atomic E-state index is 12.6. The summed E-state index contributed by atoms with van der Waals surface area (Å²) in [6.07, 6.45) is 0. The van der Waals surface area contributed by atoms with Crippen molar-refractivity contribution in [2.75, 3.05) is 45.8 Å². The zero-order chi connectivity index (χ0) is 19.9. The van der Waals surface area contributed by atoms with Gasteiger partial charge in [0.15, 0.2) is 0 Å². The van der Waals surface area contributed by atoms with Crippen LogP contribution in [0.2, 0.25) is 0 Å². The lowest BCUT2D eigenvalue weighted by Crippen LogP contribution is -2.52. The number of amides is 2. The van der Waals surface area contributed by atoms with E-state index in [1.807, 2.05) is 33.8 Å². The first-order valence-electron chi connectivity index (χ1n) is 9.84. The molecule has 2 amide bonds. The number of nitrogens with one attached hydrogen (secondary N) is 1. The van der Waals surface area contributed by atoms with Crippen molar-refractivity contribution in [2.45, 2.75) is 39.8 Å². The molecule has 1 aliphatic heterocycles. The van der Waals surface area contributed by atoms with Crippen LogP contribution in [0.25, 0.3) is 0 Å². The Hall–Kier alpha value is -1.92. The van der Waals surface area contributed by atoms with Gasteiger partial charge in [0, 0.05) is 44.8 Å². The summed E-state index contributed by atoms with van der Waals surface area (Å²) in [5.74, 6) is -0.0801. The highest BCUT2D eigenvalue weighted by atomic mass is 16.2. The monoisotopic (exact) mass is 374 g/mol. The number of benzene rings is 1. The van der Waals surface area contributed by atoms with E-state index >= 15 is 0 Å². The van der Waals surface area contributed by atoms with Crippen LogP contribution in [0, 0.1) is 0 Å². The highest BCUT2D eigenvalue weighted by Gasteiger charge is 2.23. The normalized spacial score (nSPS) is 16.1. The Morgan fingerprint density at radius 1 is 1.04 bits per heavy atom. The number of hydrogen-bond acceptors (Lipinski definition) is 4. The molecule has 1 fully saturated rings. The topological polar surface area (TPSA) is 55.9 Å². The summed E-state index contributed by atoms with van der Waals surface area (Å²) in [6.45, 7) is 13.4. The van der Waals surface area contributed by atoms with Crippen LogP contribution >= 0.6 is 0 Å². The molecule has 0 bridgehead atoms. The molecular formula is C21H34N4O2. The smallest absolute Gasteiger partial charge is 0.240 e. The van der Waals surface area contributed by atoms with E-state index in [1.54, 1.807) is 4.90 Å². The number of piperazine rings is 1. The van der Waals surface area contributed by atoms with Crippen LogP contribution in [0.3, 0.4) is 0 Å². The lowest BCUT2D eigenvalue weighted by Gasteiger charge is -2.35. The maximum atomic E-state index is 12.6. The molecule has 0 saturated carbocycles. The molecule has 6 heteroatoms. The molecule has 0 aromatic heterocycles. The summed E-state index contributed by atoms with van der Waals surface area (Å²) in [6, 6.07) is 10.5. The molecule has 1 aromatic carbocycles. The minimum Gasteiger partial charge on any atom is -0.350 e. The highest BCUT2D eigenvalue weighted by Crippen LogP contribution is 2.09. The van der Waals surface area contributed by atoms with Crippen molar-refractivity contribution >= 4 is 11.8 Å². The molecule has 0 atom stereocenters. The Morgan fingerprint density at radius 2 is 1.63 bits per heavy atom. The first kappa shape index (κ1) is 21.4. The third kappa shape index (κ3) is 7.69. The number of hydrogen-bond donors (Lipinski definition) is 1. The van der Waals surface area contributed by atoms with Crippen molar-refractivity contribution in [1.82, 2.24) is 20.0 Å². The Labute approximate surface area is 163 Å². The third-order valence-corrected chi connectivity index (χ3v) is 4.66. The number of carbonyl (C=O) groups is 2. The lowest BCUT2D eigenvalue weighted by molar-refractivity contribution is -0.137. The van der Waals surface area contributed by atoms with Gasteiger partial charge in [-0.1, -0.05) is 30.3 Å². The summed E-state index contributed by atoms with van der Waals surface area (Å²) in [4.78, 5) is 31.0. The van der Waals surface area contributed by atoms with Gasteiger partial charge in [0.1, 0.15) is 0 Å². The molecule has 1 saturated heterocycles. The van der Waals surface area contributed by atoms with Crippen molar-refractivity contribution in [3.63, 3.8) is 0 Å². The van der Waals surface area contributed by atoms with Crippen LogP contribution in [0.15, 0.2) is 30.3 Å². The van der Waals surface area contributed by atoms with Gasteiger partial charge in [-0.05, 0) is 33.3 Å². The average molecular weight is 375 g/mol. The van der Waals surface area contributed by atoms with Crippen molar-refractivity contribution in [3.05, 3.63) is 35.9 Å². The van der Waals surface area contributed by atoms with Crippen LogP contribution in [0.4, 0.5) is 0 Å². The lowest BCUT2D eigenvalue weighted by atomic mass is 10.1. The predicted octanol–water partition coefficient (Wildman–Crippen LogP) is 1.57. The van der Waals surface area contributed by atoms with E-state index in [9.17, 15) is 9.59 Å². The summed E-state index contributed by atoms with van der Waals surface area (Å²) in [7, 11) is 0. The first-order chi connectivity index (χ1) is 12.8. The van der Waals surface area contributed by atoms with Gasteiger partial charge in [-0.25, -0.2) is 0 Å². The van der Waals surface area contributed by atoms with E-state index in [-0.39, 0.29) is 23.9 Å². The SMILES string of the molecule is CCN(CC(=O)NC(C)(C)C)C(=O)CN1CCN(Cc2ccccc2)CC1. The minimum atomic E-state index is -0.283. The second-order valence-electron chi connectivity index (χ2n) is 8.24. The van der Waals surface area contributed by atoms with Crippen molar-refractivity contribution in [3.8, 4) is 0 Å². The Balaban J connectivity index is 1.76. The molecule has 6 nitrogen and oxygen atoms in total. The van der Waals surface area contributed by atoms with Gasteiger partial charge >= 0.3 is 0 Å². The summed E-state index contributed by atoms with van der Waals surface area (Å²) in [5, 5.41) is 2.92. The zero-order valence-corrected chi connectivity index (χ0v) is 17.2. The Bertz CT molecular complexity index is 604. The molecule has 1 aromatic rings. The standard InChI is InChI=1S/C21H34N4O2/c1-5-25(16-19(26)22-21(2,3)4)20(27)17-24-13-11-23(12-14-24)15-18-9-7-6-8-10-18/h6-10H,5,11-17H2,1-4H3,(H,22,26). The van der Waals surface area contributed by atoms with Crippen molar-refractivity contribution in [1.29, 1.82) is 0 Å². The summed E-state index contributed by atoms with van der Waals surface area (Å²) >= 11 is 0. The van der Waals surface area contributed by atoms with E-state index < -0.39 is 0 Å². The minimum absolute atomic E-state index is 0.0260. The van der Waals surface area contributed by atoms with Gasteiger partial charge in [-0.3, -0.25) is 19.4 Å². The quantitative estimate of drug-likeness (QED) is 0.787. The summed E-state index contributed by atoms with van der Waals surface area (Å²) < 4.78 is 0. The van der Waals surface area contributed by atoms with Gasteiger partial charge in [0.05, 0.1) is 13.1 Å². The Morgan fingerprint density at radius 3 is 2.19 bits per heavy atom. The molecular weight excluding hydrogens is 340 g/mol. The van der Waals surface area contributed by atoms with Crippen LogP contribution in [-0.2, 0) is 16.1 Å². The van der Waals surface area contributed by atoms with Crippen LogP contribution in [-0.4, -0.2) is 77.9 Å². The number of carbonyl (C=O) groups excluding carboxylic acids is 2. The maximum Gasteiger partial charge on any atom is 0.240 e. The highest BCUT2D eigenvalue weighted by molar-refractivity contribution is 5.86. The van der Waals surface area contributed by atoms with Crippen LogP contribution in [0.5, 0.6) is 0 Å². The second kappa shape index (κ2) is 9.85. The molecule has 0 unspecified atom stereocenters. The molecule has 0 spiro atoms. The van der Waals surface area contributed by atoms with Gasteiger partial charge in [0.2, 0.25) is 11.8 Å². The first-order valence-corrected chi connectivity index (χ1v) is 9.84. The molecule has 150 valence electrons. The van der Waals surface area contributed by atoms with Crippen LogP contribution in [0.1, 0.15) is 33.3 Å². The second-order valence-corrected chi connectivity index (χ2v) is 8.24. The van der Waals surface area contributed by atoms with Gasteiger partial charge in [-0.2, -0.15) is 0 Å². The zero-order valence-electron chi connectivity index (χ0n) is 17.2. The number of likely N-dealkylation sites (N-methyl/N-ethyl adjacent to an activating group) is 1. The average Bonchev–Trinajstić information content (AvgIpc) is 2.60. The van der Waals surface area contributed by atoms with Crippen LogP contribution < -0.4 is 5.32 Å². The third-order valence-electron chi connectivity index (χ3n) is 4.66. The molecule has 27 heavy (non-hydrogen) atoms. The number of nitrogens with zero attached hydrogens (tertiary/aromatic N) is 3. The number of rotatable bonds is 7. The van der Waals surface area contributed by atoms with Crippen molar-refractivity contribution < 1.29 is 9.59 Å².